The monoisotopic (exact) mass is 326 g/mol. The molecule has 0 fully saturated rings. The van der Waals surface area contributed by atoms with Gasteiger partial charge in [0.25, 0.3) is 0 Å². The molecule has 8 heteroatoms. The van der Waals surface area contributed by atoms with Gasteiger partial charge in [-0.2, -0.15) is 23.5 Å². The van der Waals surface area contributed by atoms with E-state index in [0.29, 0.717) is 10.6 Å². The van der Waals surface area contributed by atoms with E-state index in [0.717, 1.165) is 10.9 Å². The second-order valence-electron chi connectivity index (χ2n) is 5.00. The Morgan fingerprint density at radius 3 is 2.59 bits per heavy atom. The van der Waals surface area contributed by atoms with E-state index >= 15 is 0 Å². The van der Waals surface area contributed by atoms with E-state index in [1.165, 1.54) is 0 Å². The standard InChI is InChI=1S/C14H10ClF3N4/c15-10-3-1-8(2-4-10)11-5-12(14(16,17)18)22-13(21-11)9(6-19)7-20-22/h1-4,7,11-12,21H,5H2/t11-,12+/m0/s1. The summed E-state index contributed by atoms with van der Waals surface area (Å²) in [5, 5.41) is 16.2. The molecule has 0 aliphatic carbocycles. The van der Waals surface area contributed by atoms with Crippen molar-refractivity contribution in [2.24, 2.45) is 0 Å². The molecular formula is C14H10ClF3N4. The van der Waals surface area contributed by atoms with Gasteiger partial charge in [0.2, 0.25) is 0 Å². The summed E-state index contributed by atoms with van der Waals surface area (Å²) in [6, 6.07) is 6.10. The quantitative estimate of drug-likeness (QED) is 0.859. The zero-order valence-corrected chi connectivity index (χ0v) is 11.9. The van der Waals surface area contributed by atoms with Gasteiger partial charge in [-0.3, -0.25) is 0 Å². The molecule has 1 aliphatic rings. The van der Waals surface area contributed by atoms with Crippen molar-refractivity contribution in [3.05, 3.63) is 46.6 Å². The molecule has 0 saturated heterocycles. The van der Waals surface area contributed by atoms with Crippen LogP contribution in [0.2, 0.25) is 5.02 Å². The van der Waals surface area contributed by atoms with Crippen LogP contribution in [0.25, 0.3) is 0 Å². The summed E-state index contributed by atoms with van der Waals surface area (Å²) >= 11 is 5.81. The number of nitrogens with one attached hydrogen (secondary N) is 1. The molecule has 0 amide bonds. The van der Waals surface area contributed by atoms with Crippen molar-refractivity contribution in [1.29, 1.82) is 5.26 Å². The number of benzene rings is 1. The van der Waals surface area contributed by atoms with E-state index in [4.69, 9.17) is 16.9 Å². The van der Waals surface area contributed by atoms with Crippen LogP contribution in [0.1, 0.15) is 29.6 Å². The van der Waals surface area contributed by atoms with Crippen LogP contribution in [0, 0.1) is 11.3 Å². The summed E-state index contributed by atoms with van der Waals surface area (Å²) in [4.78, 5) is 0. The predicted molar refractivity (Wildman–Crippen MR) is 74.5 cm³/mol. The number of hydrogen-bond acceptors (Lipinski definition) is 3. The molecule has 0 radical (unpaired) electrons. The number of nitriles is 1. The van der Waals surface area contributed by atoms with Crippen LogP contribution in [0.4, 0.5) is 19.0 Å². The maximum Gasteiger partial charge on any atom is 0.410 e. The fourth-order valence-electron chi connectivity index (χ4n) is 2.56. The minimum absolute atomic E-state index is 0.0907. The summed E-state index contributed by atoms with van der Waals surface area (Å²) in [5.74, 6) is 0.0935. The largest absolute Gasteiger partial charge is 0.410 e. The maximum atomic E-state index is 13.3. The van der Waals surface area contributed by atoms with Crippen LogP contribution < -0.4 is 5.32 Å². The van der Waals surface area contributed by atoms with Crippen molar-refractivity contribution in [3.8, 4) is 6.07 Å². The fraction of sp³-hybridized carbons (Fsp3) is 0.286. The Kier molecular flexibility index (Phi) is 3.49. The number of halogens is 4. The van der Waals surface area contributed by atoms with Crippen molar-refractivity contribution >= 4 is 17.4 Å². The molecule has 0 unspecified atom stereocenters. The SMILES string of the molecule is N#Cc1cnn2c1N[C@H](c1ccc(Cl)cc1)C[C@@H]2C(F)(F)F. The van der Waals surface area contributed by atoms with Crippen molar-refractivity contribution in [2.45, 2.75) is 24.7 Å². The molecule has 3 rings (SSSR count). The molecule has 1 aromatic carbocycles. The Balaban J connectivity index is 2.03. The summed E-state index contributed by atoms with van der Waals surface area (Å²) in [6.45, 7) is 0. The van der Waals surface area contributed by atoms with Crippen molar-refractivity contribution < 1.29 is 13.2 Å². The van der Waals surface area contributed by atoms with Gasteiger partial charge in [-0.15, -0.1) is 0 Å². The van der Waals surface area contributed by atoms with Crippen molar-refractivity contribution in [3.63, 3.8) is 0 Å². The Morgan fingerprint density at radius 2 is 2.00 bits per heavy atom. The first-order valence-corrected chi connectivity index (χ1v) is 6.84. The topological polar surface area (TPSA) is 53.6 Å². The van der Waals surface area contributed by atoms with Crippen LogP contribution in [0.5, 0.6) is 0 Å². The molecule has 1 N–H and O–H groups in total. The highest BCUT2D eigenvalue weighted by molar-refractivity contribution is 6.30. The molecule has 0 bridgehead atoms. The molecular weight excluding hydrogens is 317 g/mol. The lowest BCUT2D eigenvalue weighted by atomic mass is 9.96. The number of fused-ring (bicyclic) bond motifs is 1. The maximum absolute atomic E-state index is 13.3. The van der Waals surface area contributed by atoms with Gasteiger partial charge in [-0.05, 0) is 17.7 Å². The molecule has 2 heterocycles. The van der Waals surface area contributed by atoms with Crippen LogP contribution >= 0.6 is 11.6 Å². The average molecular weight is 327 g/mol. The minimum atomic E-state index is -4.44. The van der Waals surface area contributed by atoms with Gasteiger partial charge in [0.1, 0.15) is 17.5 Å². The zero-order chi connectivity index (χ0) is 15.9. The van der Waals surface area contributed by atoms with Crippen molar-refractivity contribution in [2.75, 3.05) is 5.32 Å². The molecule has 4 nitrogen and oxygen atoms in total. The summed E-state index contributed by atoms with van der Waals surface area (Å²) in [5.41, 5.74) is 0.767. The molecule has 1 aliphatic heterocycles. The Bertz CT molecular complexity index is 730. The van der Waals surface area contributed by atoms with Gasteiger partial charge in [0.05, 0.1) is 12.2 Å². The minimum Gasteiger partial charge on any atom is -0.362 e. The number of rotatable bonds is 1. The second kappa shape index (κ2) is 5.21. The number of aromatic nitrogens is 2. The molecule has 1 aromatic heterocycles. The fourth-order valence-corrected chi connectivity index (χ4v) is 2.68. The lowest BCUT2D eigenvalue weighted by Gasteiger charge is -2.33. The first-order chi connectivity index (χ1) is 10.4. The Labute approximate surface area is 129 Å². The average Bonchev–Trinajstić information content (AvgIpc) is 2.88. The molecule has 114 valence electrons. The molecule has 0 spiro atoms. The van der Waals surface area contributed by atoms with Crippen LogP contribution in [0.15, 0.2) is 30.5 Å². The van der Waals surface area contributed by atoms with Gasteiger partial charge in [-0.25, -0.2) is 4.68 Å². The number of anilines is 1. The highest BCUT2D eigenvalue weighted by atomic mass is 35.5. The molecule has 0 saturated carbocycles. The van der Waals surface area contributed by atoms with Crippen molar-refractivity contribution in [1.82, 2.24) is 9.78 Å². The van der Waals surface area contributed by atoms with Gasteiger partial charge < -0.3 is 5.32 Å². The number of alkyl halides is 3. The second-order valence-corrected chi connectivity index (χ2v) is 5.44. The van der Waals surface area contributed by atoms with E-state index in [-0.39, 0.29) is 17.8 Å². The van der Waals surface area contributed by atoms with Gasteiger partial charge in [-0.1, -0.05) is 23.7 Å². The Hall–Kier alpha value is -2.20. The molecule has 2 atom stereocenters. The first-order valence-electron chi connectivity index (χ1n) is 6.46. The normalized spacial score (nSPS) is 20.9. The highest BCUT2D eigenvalue weighted by Crippen LogP contribution is 2.44. The highest BCUT2D eigenvalue weighted by Gasteiger charge is 2.46. The van der Waals surface area contributed by atoms with Crippen LogP contribution in [0.3, 0.4) is 0 Å². The third-order valence-electron chi connectivity index (χ3n) is 3.63. The van der Waals surface area contributed by atoms with E-state index in [9.17, 15) is 13.2 Å². The number of hydrogen-bond donors (Lipinski definition) is 1. The predicted octanol–water partition coefficient (Wildman–Crippen LogP) is 4.07. The van der Waals surface area contributed by atoms with E-state index in [1.807, 2.05) is 6.07 Å². The van der Waals surface area contributed by atoms with E-state index in [1.54, 1.807) is 24.3 Å². The number of nitrogens with zero attached hydrogens (tertiary/aromatic N) is 3. The summed E-state index contributed by atoms with van der Waals surface area (Å²) < 4.78 is 40.7. The third-order valence-corrected chi connectivity index (χ3v) is 3.88. The van der Waals surface area contributed by atoms with Gasteiger partial charge >= 0.3 is 6.18 Å². The zero-order valence-electron chi connectivity index (χ0n) is 11.1. The lowest BCUT2D eigenvalue weighted by Crippen LogP contribution is -2.35. The third kappa shape index (κ3) is 2.50. The molecule has 22 heavy (non-hydrogen) atoms. The van der Waals surface area contributed by atoms with E-state index in [2.05, 4.69) is 10.4 Å². The molecule has 2 aromatic rings. The van der Waals surface area contributed by atoms with E-state index < -0.39 is 18.3 Å². The smallest absolute Gasteiger partial charge is 0.362 e. The Morgan fingerprint density at radius 1 is 1.32 bits per heavy atom. The first kappa shape index (κ1) is 14.7. The van der Waals surface area contributed by atoms with Crippen LogP contribution in [-0.4, -0.2) is 16.0 Å². The van der Waals surface area contributed by atoms with Gasteiger partial charge in [0.15, 0.2) is 6.04 Å². The summed E-state index contributed by atoms with van der Waals surface area (Å²) in [7, 11) is 0. The van der Waals surface area contributed by atoms with Gasteiger partial charge in [0, 0.05) is 11.4 Å². The van der Waals surface area contributed by atoms with Crippen LogP contribution in [-0.2, 0) is 0 Å². The lowest BCUT2D eigenvalue weighted by molar-refractivity contribution is -0.173. The summed E-state index contributed by atoms with van der Waals surface area (Å²) in [6.07, 6.45) is -3.50.